The van der Waals surface area contributed by atoms with Gasteiger partial charge in [-0.1, -0.05) is 22.9 Å². The number of hydrogen-bond donors (Lipinski definition) is 2. The zero-order chi connectivity index (χ0) is 14.4. The number of ether oxygens (including phenoxy) is 1. The Bertz CT molecular complexity index is 428. The van der Waals surface area contributed by atoms with E-state index >= 15 is 0 Å². The number of benzene rings is 1. The van der Waals surface area contributed by atoms with E-state index in [1.165, 1.54) is 11.3 Å². The Kier molecular flexibility index (Phi) is 6.29. The topological polar surface area (TPSA) is 44.7 Å². The number of aliphatic hydroxyl groups excluding tert-OH is 1. The van der Waals surface area contributed by atoms with Gasteiger partial charge >= 0.3 is 0 Å². The SMILES string of the molecule is CCCNCc1cc(Br)ccc1N1CCOC(CO)C1. The van der Waals surface area contributed by atoms with E-state index in [1.807, 2.05) is 0 Å². The average molecular weight is 343 g/mol. The maximum Gasteiger partial charge on any atom is 0.0980 e. The smallest absolute Gasteiger partial charge is 0.0980 e. The van der Waals surface area contributed by atoms with Gasteiger partial charge in [0.1, 0.15) is 0 Å². The highest BCUT2D eigenvalue weighted by atomic mass is 79.9. The fraction of sp³-hybridized carbons (Fsp3) is 0.600. The van der Waals surface area contributed by atoms with Crippen molar-refractivity contribution in [3.8, 4) is 0 Å². The fourth-order valence-electron chi connectivity index (χ4n) is 2.45. The number of aliphatic hydroxyl groups is 1. The van der Waals surface area contributed by atoms with Gasteiger partial charge < -0.3 is 20.1 Å². The molecule has 2 rings (SSSR count). The second-order valence-electron chi connectivity index (χ2n) is 5.07. The minimum Gasteiger partial charge on any atom is -0.394 e. The standard InChI is InChI=1S/C15H23BrN2O2/c1-2-5-17-9-12-8-13(16)3-4-15(12)18-6-7-20-14(10-18)11-19/h3-4,8,14,17,19H,2,5-7,9-11H2,1H3. The largest absolute Gasteiger partial charge is 0.394 e. The molecule has 1 aliphatic rings. The van der Waals surface area contributed by atoms with Crippen molar-refractivity contribution >= 4 is 21.6 Å². The number of halogens is 1. The molecule has 0 bridgehead atoms. The van der Waals surface area contributed by atoms with Gasteiger partial charge in [0.25, 0.3) is 0 Å². The first kappa shape index (κ1) is 15.8. The molecule has 1 fully saturated rings. The van der Waals surface area contributed by atoms with Crippen LogP contribution in [0.2, 0.25) is 0 Å². The van der Waals surface area contributed by atoms with E-state index in [2.05, 4.69) is 51.3 Å². The number of morpholine rings is 1. The van der Waals surface area contributed by atoms with Crippen molar-refractivity contribution in [2.24, 2.45) is 0 Å². The van der Waals surface area contributed by atoms with Crippen LogP contribution in [0.5, 0.6) is 0 Å². The minimum atomic E-state index is -0.0798. The molecule has 1 aromatic rings. The lowest BCUT2D eigenvalue weighted by Gasteiger charge is -2.35. The van der Waals surface area contributed by atoms with Crippen LogP contribution >= 0.6 is 15.9 Å². The molecule has 1 aromatic carbocycles. The quantitative estimate of drug-likeness (QED) is 0.777. The molecule has 20 heavy (non-hydrogen) atoms. The highest BCUT2D eigenvalue weighted by molar-refractivity contribution is 9.10. The van der Waals surface area contributed by atoms with Crippen molar-refractivity contribution in [3.05, 3.63) is 28.2 Å². The lowest BCUT2D eigenvalue weighted by Crippen LogP contribution is -2.44. The van der Waals surface area contributed by atoms with E-state index in [1.54, 1.807) is 0 Å². The Morgan fingerprint density at radius 2 is 2.35 bits per heavy atom. The second kappa shape index (κ2) is 7.98. The zero-order valence-electron chi connectivity index (χ0n) is 11.9. The summed E-state index contributed by atoms with van der Waals surface area (Å²) in [6.07, 6.45) is 1.05. The summed E-state index contributed by atoms with van der Waals surface area (Å²) in [6.45, 7) is 6.43. The molecule has 2 N–H and O–H groups in total. The van der Waals surface area contributed by atoms with Crippen molar-refractivity contribution in [3.63, 3.8) is 0 Å². The molecule has 5 heteroatoms. The number of anilines is 1. The van der Waals surface area contributed by atoms with Crippen LogP contribution in [0.1, 0.15) is 18.9 Å². The monoisotopic (exact) mass is 342 g/mol. The summed E-state index contributed by atoms with van der Waals surface area (Å²) < 4.78 is 6.62. The average Bonchev–Trinajstić information content (AvgIpc) is 2.48. The Hall–Kier alpha value is -0.620. The molecule has 0 aliphatic carbocycles. The van der Waals surface area contributed by atoms with Gasteiger partial charge in [-0.15, -0.1) is 0 Å². The minimum absolute atomic E-state index is 0.0798. The number of hydrogen-bond acceptors (Lipinski definition) is 4. The van der Waals surface area contributed by atoms with Crippen molar-refractivity contribution in [1.82, 2.24) is 5.32 Å². The number of nitrogens with zero attached hydrogens (tertiary/aromatic N) is 1. The Balaban J connectivity index is 2.12. The molecule has 0 aromatic heterocycles. The van der Waals surface area contributed by atoms with Crippen LogP contribution in [0, 0.1) is 0 Å². The van der Waals surface area contributed by atoms with Gasteiger partial charge in [0.2, 0.25) is 0 Å². The van der Waals surface area contributed by atoms with Gasteiger partial charge in [0, 0.05) is 29.8 Å². The molecule has 0 radical (unpaired) electrons. The molecule has 112 valence electrons. The van der Waals surface area contributed by atoms with Crippen molar-refractivity contribution in [2.75, 3.05) is 37.7 Å². The summed E-state index contributed by atoms with van der Waals surface area (Å²) in [5.41, 5.74) is 2.52. The van der Waals surface area contributed by atoms with Crippen molar-refractivity contribution in [2.45, 2.75) is 26.0 Å². The van der Waals surface area contributed by atoms with E-state index in [4.69, 9.17) is 4.74 Å². The fourth-order valence-corrected chi connectivity index (χ4v) is 2.86. The number of nitrogens with one attached hydrogen (secondary N) is 1. The van der Waals surface area contributed by atoms with E-state index in [-0.39, 0.29) is 12.7 Å². The molecule has 1 aliphatic heterocycles. The third-order valence-electron chi connectivity index (χ3n) is 3.47. The molecule has 0 saturated carbocycles. The first-order valence-electron chi connectivity index (χ1n) is 7.21. The van der Waals surface area contributed by atoms with Gasteiger partial charge in [-0.2, -0.15) is 0 Å². The second-order valence-corrected chi connectivity index (χ2v) is 5.99. The van der Waals surface area contributed by atoms with Crippen LogP contribution in [0.3, 0.4) is 0 Å². The highest BCUT2D eigenvalue weighted by Crippen LogP contribution is 2.26. The first-order valence-corrected chi connectivity index (χ1v) is 8.00. The lowest BCUT2D eigenvalue weighted by atomic mass is 10.1. The first-order chi connectivity index (χ1) is 9.74. The summed E-state index contributed by atoms with van der Waals surface area (Å²) in [5, 5.41) is 12.7. The van der Waals surface area contributed by atoms with Crippen LogP contribution in [0.25, 0.3) is 0 Å². The zero-order valence-corrected chi connectivity index (χ0v) is 13.5. The molecular weight excluding hydrogens is 320 g/mol. The molecule has 1 unspecified atom stereocenters. The molecule has 0 spiro atoms. The Morgan fingerprint density at radius 1 is 1.50 bits per heavy atom. The van der Waals surface area contributed by atoms with E-state index in [9.17, 15) is 5.11 Å². The Labute approximate surface area is 129 Å². The summed E-state index contributed by atoms with van der Waals surface area (Å²) >= 11 is 3.54. The normalized spacial score (nSPS) is 19.4. The predicted octanol–water partition coefficient (Wildman–Crippen LogP) is 2.15. The van der Waals surface area contributed by atoms with Gasteiger partial charge in [0.05, 0.1) is 19.3 Å². The van der Waals surface area contributed by atoms with Gasteiger partial charge in [-0.05, 0) is 36.7 Å². The highest BCUT2D eigenvalue weighted by Gasteiger charge is 2.21. The third kappa shape index (κ3) is 4.19. The van der Waals surface area contributed by atoms with Gasteiger partial charge in [-0.25, -0.2) is 0 Å². The van der Waals surface area contributed by atoms with Gasteiger partial charge in [-0.3, -0.25) is 0 Å². The maximum absolute atomic E-state index is 9.27. The summed E-state index contributed by atoms with van der Waals surface area (Å²) in [6, 6.07) is 6.39. The molecule has 1 atom stereocenters. The van der Waals surface area contributed by atoms with Crippen LogP contribution in [-0.4, -0.2) is 44.1 Å². The summed E-state index contributed by atoms with van der Waals surface area (Å²) in [7, 11) is 0. The summed E-state index contributed by atoms with van der Waals surface area (Å²) in [4.78, 5) is 2.31. The van der Waals surface area contributed by atoms with Crippen LogP contribution in [0.4, 0.5) is 5.69 Å². The summed E-state index contributed by atoms with van der Waals surface area (Å²) in [5.74, 6) is 0. The number of rotatable bonds is 6. The molecule has 1 heterocycles. The van der Waals surface area contributed by atoms with Gasteiger partial charge in [0.15, 0.2) is 0 Å². The van der Waals surface area contributed by atoms with E-state index < -0.39 is 0 Å². The van der Waals surface area contributed by atoms with Crippen molar-refractivity contribution in [1.29, 1.82) is 0 Å². The van der Waals surface area contributed by atoms with E-state index in [0.29, 0.717) is 6.61 Å². The van der Waals surface area contributed by atoms with Crippen LogP contribution in [-0.2, 0) is 11.3 Å². The van der Waals surface area contributed by atoms with Crippen LogP contribution in [0.15, 0.2) is 22.7 Å². The lowest BCUT2D eigenvalue weighted by molar-refractivity contribution is 0.00352. The molecule has 0 amide bonds. The van der Waals surface area contributed by atoms with Crippen LogP contribution < -0.4 is 10.2 Å². The Morgan fingerprint density at radius 3 is 3.10 bits per heavy atom. The molecule has 4 nitrogen and oxygen atoms in total. The molecular formula is C15H23BrN2O2. The van der Waals surface area contributed by atoms with E-state index in [0.717, 1.165) is 37.1 Å². The predicted molar refractivity (Wildman–Crippen MR) is 85.2 cm³/mol. The third-order valence-corrected chi connectivity index (χ3v) is 3.96. The molecule has 1 saturated heterocycles. The maximum atomic E-state index is 9.27. The van der Waals surface area contributed by atoms with Crippen molar-refractivity contribution < 1.29 is 9.84 Å².